The van der Waals surface area contributed by atoms with Gasteiger partial charge < -0.3 is 10.2 Å². The highest BCUT2D eigenvalue weighted by molar-refractivity contribution is 5.98. The van der Waals surface area contributed by atoms with Gasteiger partial charge in [0.25, 0.3) is 5.91 Å². The zero-order valence-electron chi connectivity index (χ0n) is 16.1. The number of fused-ring (bicyclic) bond motifs is 2. The molecule has 1 aliphatic carbocycles. The summed E-state index contributed by atoms with van der Waals surface area (Å²) in [5.41, 5.74) is 1.95. The lowest BCUT2D eigenvalue weighted by Crippen LogP contribution is -2.48. The van der Waals surface area contributed by atoms with Crippen molar-refractivity contribution in [3.8, 4) is 11.4 Å². The maximum absolute atomic E-state index is 13.4. The van der Waals surface area contributed by atoms with Gasteiger partial charge in [-0.25, -0.2) is 15.0 Å². The van der Waals surface area contributed by atoms with Gasteiger partial charge in [0, 0.05) is 31.2 Å². The Hall–Kier alpha value is -3.42. The van der Waals surface area contributed by atoms with Crippen molar-refractivity contribution >= 4 is 11.7 Å². The van der Waals surface area contributed by atoms with E-state index in [-0.39, 0.29) is 18.0 Å². The van der Waals surface area contributed by atoms with Gasteiger partial charge in [-0.3, -0.25) is 14.8 Å². The first-order valence-corrected chi connectivity index (χ1v) is 9.77. The third-order valence-electron chi connectivity index (χ3n) is 5.67. The van der Waals surface area contributed by atoms with E-state index in [1.807, 2.05) is 17.9 Å². The molecule has 29 heavy (non-hydrogen) atoms. The Bertz CT molecular complexity index is 1020. The van der Waals surface area contributed by atoms with Crippen LogP contribution in [0.1, 0.15) is 29.0 Å². The van der Waals surface area contributed by atoms with Crippen LogP contribution >= 0.6 is 0 Å². The zero-order chi connectivity index (χ0) is 19.8. The average molecular weight is 387 g/mol. The van der Waals surface area contributed by atoms with Crippen molar-refractivity contribution in [3.05, 3.63) is 60.6 Å². The maximum Gasteiger partial charge on any atom is 0.273 e. The van der Waals surface area contributed by atoms with Gasteiger partial charge in [-0.2, -0.15) is 0 Å². The lowest BCUT2D eigenvalue weighted by Gasteiger charge is -2.34. The first kappa shape index (κ1) is 17.7. The number of pyridine rings is 1. The number of aryl methyl sites for hydroxylation is 1. The van der Waals surface area contributed by atoms with Gasteiger partial charge in [-0.15, -0.1) is 0 Å². The van der Waals surface area contributed by atoms with Crippen LogP contribution in [0.3, 0.4) is 0 Å². The Labute approximate surface area is 168 Å². The molecule has 2 aliphatic rings. The van der Waals surface area contributed by atoms with E-state index >= 15 is 0 Å². The van der Waals surface area contributed by atoms with Gasteiger partial charge in [0.2, 0.25) is 0 Å². The molecule has 1 aliphatic heterocycles. The summed E-state index contributed by atoms with van der Waals surface area (Å²) in [7, 11) is 0. The van der Waals surface area contributed by atoms with Crippen LogP contribution < -0.4 is 5.32 Å². The molecular formula is C21H21N7O. The molecule has 1 N–H and O–H groups in total. The highest BCUT2D eigenvalue weighted by Crippen LogP contribution is 2.40. The molecule has 0 spiro atoms. The number of hydrogen-bond donors (Lipinski definition) is 1. The number of hydrogen-bond acceptors (Lipinski definition) is 7. The van der Waals surface area contributed by atoms with Gasteiger partial charge in [-0.05, 0) is 43.9 Å². The number of carbonyl (C=O) groups excluding carboxylic acids is 1. The van der Waals surface area contributed by atoms with E-state index in [1.54, 1.807) is 43.1 Å². The third-order valence-corrected chi connectivity index (χ3v) is 5.67. The monoisotopic (exact) mass is 387 g/mol. The Kier molecular flexibility index (Phi) is 4.38. The van der Waals surface area contributed by atoms with Crippen molar-refractivity contribution in [1.29, 1.82) is 0 Å². The van der Waals surface area contributed by atoms with E-state index in [4.69, 9.17) is 0 Å². The topological polar surface area (TPSA) is 96.8 Å². The summed E-state index contributed by atoms with van der Waals surface area (Å²) in [6, 6.07) is 5.68. The molecule has 5 rings (SSSR count). The predicted octanol–water partition coefficient (Wildman–Crippen LogP) is 2.35. The van der Waals surface area contributed by atoms with Crippen molar-refractivity contribution < 1.29 is 4.79 Å². The summed E-state index contributed by atoms with van der Waals surface area (Å²) in [6.45, 7) is 2.67. The normalized spacial score (nSPS) is 22.7. The Morgan fingerprint density at radius 3 is 2.62 bits per heavy atom. The standard InChI is InChI=1S/C21H21N7O/c1-13-10-26-18(11-25-13)27-16-8-14-9-17(16)28(12-14)21(29)19-15(4-2-5-22-19)20-23-6-3-7-24-20/h2-7,10-11,14,16-17H,8-9,12H2,1H3,(H,26,27). The van der Waals surface area contributed by atoms with Crippen molar-refractivity contribution in [2.45, 2.75) is 31.8 Å². The van der Waals surface area contributed by atoms with Crippen LogP contribution in [0.2, 0.25) is 0 Å². The number of nitrogens with one attached hydrogen (secondary N) is 1. The zero-order valence-corrected chi connectivity index (χ0v) is 16.1. The fourth-order valence-electron chi connectivity index (χ4n) is 4.40. The number of anilines is 1. The second-order valence-electron chi connectivity index (χ2n) is 7.63. The lowest BCUT2D eigenvalue weighted by molar-refractivity contribution is 0.0687. The molecule has 8 nitrogen and oxygen atoms in total. The number of carbonyl (C=O) groups is 1. The second-order valence-corrected chi connectivity index (χ2v) is 7.63. The summed E-state index contributed by atoms with van der Waals surface area (Å²) in [4.78, 5) is 37.1. The molecular weight excluding hydrogens is 366 g/mol. The van der Waals surface area contributed by atoms with Crippen molar-refractivity contribution in [2.24, 2.45) is 5.92 Å². The van der Waals surface area contributed by atoms with Crippen molar-refractivity contribution in [3.63, 3.8) is 0 Å². The average Bonchev–Trinajstić information content (AvgIpc) is 3.36. The molecule has 3 aromatic heterocycles. The molecule has 0 radical (unpaired) electrons. The van der Waals surface area contributed by atoms with Gasteiger partial charge >= 0.3 is 0 Å². The molecule has 2 bridgehead atoms. The summed E-state index contributed by atoms with van der Waals surface area (Å²) in [5, 5.41) is 3.47. The summed E-state index contributed by atoms with van der Waals surface area (Å²) in [6.07, 6.45) is 10.5. The third kappa shape index (κ3) is 3.30. The SMILES string of the molecule is Cc1cnc(NC2CC3CC2N(C(=O)c2ncccc2-c2ncccn2)C3)cn1. The number of nitrogens with zero attached hydrogens (tertiary/aromatic N) is 6. The first-order valence-electron chi connectivity index (χ1n) is 9.77. The van der Waals surface area contributed by atoms with Gasteiger partial charge in [0.1, 0.15) is 11.5 Å². The van der Waals surface area contributed by atoms with Gasteiger partial charge in [0.05, 0.1) is 29.7 Å². The van der Waals surface area contributed by atoms with E-state index < -0.39 is 0 Å². The number of aromatic nitrogens is 5. The lowest BCUT2D eigenvalue weighted by atomic mass is 10.0. The Morgan fingerprint density at radius 1 is 1.03 bits per heavy atom. The Morgan fingerprint density at radius 2 is 1.86 bits per heavy atom. The molecule has 3 aromatic rings. The Balaban J connectivity index is 1.39. The fourth-order valence-corrected chi connectivity index (χ4v) is 4.40. The minimum Gasteiger partial charge on any atom is -0.364 e. The summed E-state index contributed by atoms with van der Waals surface area (Å²) < 4.78 is 0. The van der Waals surface area contributed by atoms with Crippen LogP contribution in [0.4, 0.5) is 5.82 Å². The molecule has 4 heterocycles. The number of likely N-dealkylation sites (tertiary alicyclic amines) is 1. The van der Waals surface area contributed by atoms with E-state index in [1.165, 1.54) is 0 Å². The van der Waals surface area contributed by atoms with Gasteiger partial charge in [0.15, 0.2) is 5.82 Å². The highest BCUT2D eigenvalue weighted by atomic mass is 16.2. The minimum absolute atomic E-state index is 0.0676. The fraction of sp³-hybridized carbons (Fsp3) is 0.333. The molecule has 3 atom stereocenters. The van der Waals surface area contributed by atoms with E-state index in [0.29, 0.717) is 23.0 Å². The number of amides is 1. The van der Waals surface area contributed by atoms with E-state index in [2.05, 4.69) is 30.2 Å². The van der Waals surface area contributed by atoms with Crippen LogP contribution in [-0.4, -0.2) is 54.4 Å². The van der Waals surface area contributed by atoms with E-state index in [9.17, 15) is 4.79 Å². The maximum atomic E-state index is 13.4. The summed E-state index contributed by atoms with van der Waals surface area (Å²) in [5.74, 6) is 1.68. The second kappa shape index (κ2) is 7.20. The van der Waals surface area contributed by atoms with Crippen LogP contribution in [-0.2, 0) is 0 Å². The predicted molar refractivity (Wildman–Crippen MR) is 107 cm³/mol. The highest BCUT2D eigenvalue weighted by Gasteiger charge is 2.47. The largest absolute Gasteiger partial charge is 0.364 e. The van der Waals surface area contributed by atoms with E-state index in [0.717, 1.165) is 30.9 Å². The van der Waals surface area contributed by atoms with Crippen LogP contribution in [0.5, 0.6) is 0 Å². The smallest absolute Gasteiger partial charge is 0.273 e. The minimum atomic E-state index is -0.0676. The van der Waals surface area contributed by atoms with Crippen LogP contribution in [0, 0.1) is 12.8 Å². The molecule has 3 unspecified atom stereocenters. The van der Waals surface area contributed by atoms with Gasteiger partial charge in [-0.1, -0.05) is 0 Å². The van der Waals surface area contributed by atoms with Crippen LogP contribution in [0.25, 0.3) is 11.4 Å². The first-order chi connectivity index (χ1) is 14.2. The van der Waals surface area contributed by atoms with Crippen molar-refractivity contribution in [2.75, 3.05) is 11.9 Å². The molecule has 146 valence electrons. The number of rotatable bonds is 4. The quantitative estimate of drug-likeness (QED) is 0.734. The molecule has 1 saturated heterocycles. The molecule has 8 heteroatoms. The summed E-state index contributed by atoms with van der Waals surface area (Å²) >= 11 is 0. The number of piperidine rings is 1. The molecule has 0 aromatic carbocycles. The van der Waals surface area contributed by atoms with Crippen LogP contribution in [0.15, 0.2) is 49.2 Å². The molecule has 2 fully saturated rings. The van der Waals surface area contributed by atoms with Crippen molar-refractivity contribution in [1.82, 2.24) is 29.8 Å². The molecule has 1 saturated carbocycles. The molecule has 1 amide bonds.